The average Bonchev–Trinajstić information content (AvgIpc) is 3.13. The van der Waals surface area contributed by atoms with E-state index in [-0.39, 0.29) is 0 Å². The van der Waals surface area contributed by atoms with Crippen molar-refractivity contribution in [2.45, 2.75) is 33.2 Å². The van der Waals surface area contributed by atoms with E-state index in [1.54, 1.807) is 0 Å². The van der Waals surface area contributed by atoms with Gasteiger partial charge in [-0.25, -0.2) is 4.68 Å². The molecular formula is C17H19N5. The van der Waals surface area contributed by atoms with E-state index in [9.17, 15) is 0 Å². The first kappa shape index (κ1) is 13.2. The lowest BCUT2D eigenvalue weighted by atomic mass is 9.85. The highest BCUT2D eigenvalue weighted by molar-refractivity contribution is 5.54. The molecule has 0 spiro atoms. The van der Waals surface area contributed by atoms with Gasteiger partial charge in [0.25, 0.3) is 0 Å². The molecule has 22 heavy (non-hydrogen) atoms. The van der Waals surface area contributed by atoms with Crippen molar-refractivity contribution in [3.05, 3.63) is 48.5 Å². The number of hydrogen-bond donors (Lipinski definition) is 0. The Bertz CT molecular complexity index is 798. The largest absolute Gasteiger partial charge is 0.310 e. The van der Waals surface area contributed by atoms with Crippen LogP contribution in [0, 0.1) is 5.41 Å². The van der Waals surface area contributed by atoms with Gasteiger partial charge in [-0.3, -0.25) is 0 Å². The van der Waals surface area contributed by atoms with Crippen LogP contribution in [0.15, 0.2) is 42.7 Å². The summed E-state index contributed by atoms with van der Waals surface area (Å²) in [6.45, 7) is 5.56. The monoisotopic (exact) mass is 293 g/mol. The third-order valence-corrected chi connectivity index (χ3v) is 4.30. The second-order valence-electron chi connectivity index (χ2n) is 6.70. The summed E-state index contributed by atoms with van der Waals surface area (Å²) in [5.74, 6) is 2.01. The topological polar surface area (TPSA) is 48.5 Å². The summed E-state index contributed by atoms with van der Waals surface area (Å²) in [4.78, 5) is 0. The van der Waals surface area contributed by atoms with Crippen LogP contribution in [0.1, 0.15) is 26.1 Å². The van der Waals surface area contributed by atoms with Crippen molar-refractivity contribution in [1.29, 1.82) is 0 Å². The molecule has 5 heteroatoms. The Balaban J connectivity index is 1.73. The van der Waals surface area contributed by atoms with Gasteiger partial charge in [0.15, 0.2) is 5.82 Å². The SMILES string of the molecule is CC1(C)CCc2nnc(-c3cnn(-c4ccccc4)c3)n2C1. The molecule has 0 fully saturated rings. The molecule has 3 aromatic rings. The van der Waals surface area contributed by atoms with Crippen molar-refractivity contribution in [2.75, 3.05) is 0 Å². The van der Waals surface area contributed by atoms with Gasteiger partial charge in [0.05, 0.1) is 17.4 Å². The van der Waals surface area contributed by atoms with Crippen LogP contribution in [0.25, 0.3) is 17.1 Å². The average molecular weight is 293 g/mol. The van der Waals surface area contributed by atoms with Crippen molar-refractivity contribution in [2.24, 2.45) is 5.41 Å². The highest BCUT2D eigenvalue weighted by Gasteiger charge is 2.29. The molecule has 112 valence electrons. The maximum Gasteiger partial charge on any atom is 0.167 e. The molecule has 4 rings (SSSR count). The van der Waals surface area contributed by atoms with Crippen LogP contribution in [0.3, 0.4) is 0 Å². The van der Waals surface area contributed by atoms with Crippen molar-refractivity contribution >= 4 is 0 Å². The second-order valence-corrected chi connectivity index (χ2v) is 6.70. The van der Waals surface area contributed by atoms with Gasteiger partial charge in [-0.1, -0.05) is 32.0 Å². The first-order valence-electron chi connectivity index (χ1n) is 7.65. The molecule has 3 heterocycles. The van der Waals surface area contributed by atoms with Gasteiger partial charge in [-0.15, -0.1) is 10.2 Å². The first-order valence-corrected chi connectivity index (χ1v) is 7.65. The molecule has 1 aliphatic heterocycles. The van der Waals surface area contributed by atoms with Crippen LogP contribution in [0.5, 0.6) is 0 Å². The maximum absolute atomic E-state index is 4.46. The minimum absolute atomic E-state index is 0.291. The Labute approximate surface area is 129 Å². The van der Waals surface area contributed by atoms with E-state index in [2.05, 4.69) is 33.7 Å². The van der Waals surface area contributed by atoms with E-state index in [1.165, 1.54) is 0 Å². The summed E-state index contributed by atoms with van der Waals surface area (Å²) in [7, 11) is 0. The molecule has 0 atom stereocenters. The number of fused-ring (bicyclic) bond motifs is 1. The minimum Gasteiger partial charge on any atom is -0.310 e. The number of benzene rings is 1. The maximum atomic E-state index is 4.46. The third-order valence-electron chi connectivity index (χ3n) is 4.30. The normalized spacial score (nSPS) is 16.5. The van der Waals surface area contributed by atoms with Gasteiger partial charge in [0.1, 0.15) is 5.82 Å². The molecule has 5 nitrogen and oxygen atoms in total. The molecule has 0 saturated carbocycles. The number of para-hydroxylation sites is 1. The number of aryl methyl sites for hydroxylation is 1. The Kier molecular flexibility index (Phi) is 2.89. The van der Waals surface area contributed by atoms with E-state index < -0.39 is 0 Å². The molecule has 0 aliphatic carbocycles. The van der Waals surface area contributed by atoms with Crippen LogP contribution in [-0.2, 0) is 13.0 Å². The Morgan fingerprint density at radius 2 is 1.91 bits per heavy atom. The molecule has 0 amide bonds. The van der Waals surface area contributed by atoms with Gasteiger partial charge in [-0.2, -0.15) is 5.10 Å². The summed E-state index contributed by atoms with van der Waals surface area (Å²) in [5, 5.41) is 13.2. The van der Waals surface area contributed by atoms with E-state index in [1.807, 2.05) is 47.4 Å². The number of rotatable bonds is 2. The van der Waals surface area contributed by atoms with Crippen LogP contribution < -0.4 is 0 Å². The zero-order valence-electron chi connectivity index (χ0n) is 12.9. The molecule has 0 radical (unpaired) electrons. The van der Waals surface area contributed by atoms with Crippen LogP contribution in [0.4, 0.5) is 0 Å². The quantitative estimate of drug-likeness (QED) is 0.729. The third kappa shape index (κ3) is 2.22. The van der Waals surface area contributed by atoms with Crippen LogP contribution in [0.2, 0.25) is 0 Å². The lowest BCUT2D eigenvalue weighted by Gasteiger charge is -2.30. The zero-order chi connectivity index (χ0) is 15.2. The van der Waals surface area contributed by atoms with Gasteiger partial charge < -0.3 is 4.57 Å². The minimum atomic E-state index is 0.291. The second kappa shape index (κ2) is 4.80. The van der Waals surface area contributed by atoms with Crippen molar-refractivity contribution < 1.29 is 0 Å². The predicted molar refractivity (Wildman–Crippen MR) is 84.7 cm³/mol. The molecule has 1 aliphatic rings. The standard InChI is InChI=1S/C17H19N5/c1-17(2)9-8-15-19-20-16(21(15)12-17)13-10-18-22(11-13)14-6-4-3-5-7-14/h3-7,10-11H,8-9,12H2,1-2H3. The molecule has 0 unspecified atom stereocenters. The highest BCUT2D eigenvalue weighted by atomic mass is 15.3. The van der Waals surface area contributed by atoms with Crippen molar-refractivity contribution in [1.82, 2.24) is 24.5 Å². The lowest BCUT2D eigenvalue weighted by molar-refractivity contribution is 0.248. The molecule has 0 N–H and O–H groups in total. The number of aromatic nitrogens is 5. The van der Waals surface area contributed by atoms with Crippen LogP contribution in [-0.4, -0.2) is 24.5 Å². The summed E-state index contributed by atoms with van der Waals surface area (Å²) < 4.78 is 4.13. The van der Waals surface area contributed by atoms with Crippen molar-refractivity contribution in [3.8, 4) is 17.1 Å². The molecule has 1 aromatic carbocycles. The zero-order valence-corrected chi connectivity index (χ0v) is 12.9. The fourth-order valence-electron chi connectivity index (χ4n) is 3.02. The Hall–Kier alpha value is -2.43. The van der Waals surface area contributed by atoms with E-state index >= 15 is 0 Å². The predicted octanol–water partition coefficient (Wildman–Crippen LogP) is 3.10. The Morgan fingerprint density at radius 3 is 2.73 bits per heavy atom. The molecule has 0 saturated heterocycles. The summed E-state index contributed by atoms with van der Waals surface area (Å²) in [5.41, 5.74) is 2.35. The van der Waals surface area contributed by atoms with Gasteiger partial charge in [0.2, 0.25) is 0 Å². The highest BCUT2D eigenvalue weighted by Crippen LogP contribution is 2.33. The van der Waals surface area contributed by atoms with Gasteiger partial charge in [0, 0.05) is 19.2 Å². The summed E-state index contributed by atoms with van der Waals surface area (Å²) in [6, 6.07) is 10.1. The van der Waals surface area contributed by atoms with E-state index in [4.69, 9.17) is 0 Å². The van der Waals surface area contributed by atoms with Gasteiger partial charge in [-0.05, 0) is 24.0 Å². The van der Waals surface area contributed by atoms with Gasteiger partial charge >= 0.3 is 0 Å². The Morgan fingerprint density at radius 1 is 1.09 bits per heavy atom. The van der Waals surface area contributed by atoms with E-state index in [0.717, 1.165) is 42.3 Å². The number of nitrogens with zero attached hydrogens (tertiary/aromatic N) is 5. The van der Waals surface area contributed by atoms with E-state index in [0.29, 0.717) is 5.41 Å². The van der Waals surface area contributed by atoms with Crippen LogP contribution >= 0.6 is 0 Å². The molecule has 2 aromatic heterocycles. The fourth-order valence-corrected chi connectivity index (χ4v) is 3.02. The molecule has 0 bridgehead atoms. The van der Waals surface area contributed by atoms with Crippen molar-refractivity contribution in [3.63, 3.8) is 0 Å². The number of hydrogen-bond acceptors (Lipinski definition) is 3. The molecular weight excluding hydrogens is 274 g/mol. The summed E-state index contributed by atoms with van der Waals surface area (Å²) >= 11 is 0. The first-order chi connectivity index (χ1) is 10.6. The summed E-state index contributed by atoms with van der Waals surface area (Å²) in [6.07, 6.45) is 6.04. The smallest absolute Gasteiger partial charge is 0.167 e. The fraction of sp³-hybridized carbons (Fsp3) is 0.353. The lowest BCUT2D eigenvalue weighted by Crippen LogP contribution is -2.27.